The molecule has 0 bridgehead atoms. The first-order chi connectivity index (χ1) is 15.1. The molecule has 2 fully saturated rings. The molecule has 0 aromatic heterocycles. The topological polar surface area (TPSA) is 52.7 Å². The summed E-state index contributed by atoms with van der Waals surface area (Å²) in [4.78, 5) is 29.7. The zero-order valence-corrected chi connectivity index (χ0v) is 18.6. The number of benzene rings is 2. The highest BCUT2D eigenvalue weighted by molar-refractivity contribution is 6.30. The average molecular weight is 440 g/mol. The third-order valence-electron chi connectivity index (χ3n) is 6.30. The molecule has 1 atom stereocenters. The number of halogens is 1. The predicted octanol–water partition coefficient (Wildman–Crippen LogP) is 5.77. The second kappa shape index (κ2) is 10.2. The van der Waals surface area contributed by atoms with E-state index in [2.05, 4.69) is 11.4 Å². The summed E-state index contributed by atoms with van der Waals surface area (Å²) >= 11 is 5.93. The van der Waals surface area contributed by atoms with Gasteiger partial charge in [-0.3, -0.25) is 4.79 Å². The van der Waals surface area contributed by atoms with Crippen molar-refractivity contribution in [3.8, 4) is 0 Å². The minimum Gasteiger partial charge on any atom is -0.339 e. The van der Waals surface area contributed by atoms with Crippen LogP contribution in [0.1, 0.15) is 60.4 Å². The Morgan fingerprint density at radius 1 is 0.871 bits per heavy atom. The van der Waals surface area contributed by atoms with E-state index in [-0.39, 0.29) is 17.9 Å². The Morgan fingerprint density at radius 2 is 1.58 bits per heavy atom. The van der Waals surface area contributed by atoms with E-state index in [1.807, 2.05) is 28.0 Å². The SMILES string of the molecule is O=C(Nc1ccc(Cl)cc1)N1CCC[C@H](c2cccc(C(=O)N3CCCCCC3)c2)C1. The van der Waals surface area contributed by atoms with Gasteiger partial charge in [-0.1, -0.05) is 36.6 Å². The Morgan fingerprint density at radius 3 is 2.32 bits per heavy atom. The van der Waals surface area contributed by atoms with Crippen LogP contribution in [0.5, 0.6) is 0 Å². The molecule has 2 aliphatic heterocycles. The standard InChI is InChI=1S/C25H30ClN3O2/c26-22-10-12-23(13-11-22)27-25(31)29-16-6-9-21(18-29)19-7-5-8-20(17-19)24(30)28-14-3-1-2-4-15-28/h5,7-8,10-13,17,21H,1-4,6,9,14-16,18H2,(H,27,31)/t21-/m0/s1. The van der Waals surface area contributed by atoms with Crippen molar-refractivity contribution in [2.45, 2.75) is 44.4 Å². The highest BCUT2D eigenvalue weighted by atomic mass is 35.5. The zero-order valence-electron chi connectivity index (χ0n) is 17.9. The number of urea groups is 1. The summed E-state index contributed by atoms with van der Waals surface area (Å²) in [5.41, 5.74) is 2.65. The largest absolute Gasteiger partial charge is 0.339 e. The van der Waals surface area contributed by atoms with Crippen molar-refractivity contribution in [2.24, 2.45) is 0 Å². The lowest BCUT2D eigenvalue weighted by atomic mass is 9.89. The fourth-order valence-electron chi connectivity index (χ4n) is 4.55. The Labute approximate surface area is 189 Å². The van der Waals surface area contributed by atoms with Gasteiger partial charge in [0, 0.05) is 48.4 Å². The maximum atomic E-state index is 13.0. The van der Waals surface area contributed by atoms with Crippen LogP contribution in [-0.2, 0) is 0 Å². The molecule has 0 saturated carbocycles. The molecular weight excluding hydrogens is 410 g/mol. The first-order valence-corrected chi connectivity index (χ1v) is 11.7. The van der Waals surface area contributed by atoms with E-state index in [1.54, 1.807) is 24.3 Å². The maximum Gasteiger partial charge on any atom is 0.321 e. The quantitative estimate of drug-likeness (QED) is 0.660. The van der Waals surface area contributed by atoms with Crippen molar-refractivity contribution in [1.29, 1.82) is 0 Å². The second-order valence-electron chi connectivity index (χ2n) is 8.55. The Kier molecular flexibility index (Phi) is 7.13. The number of carbonyl (C=O) groups excluding carboxylic acids is 2. The summed E-state index contributed by atoms with van der Waals surface area (Å²) in [6.45, 7) is 3.10. The van der Waals surface area contributed by atoms with Crippen molar-refractivity contribution in [3.63, 3.8) is 0 Å². The minimum absolute atomic E-state index is 0.0937. The van der Waals surface area contributed by atoms with Crippen molar-refractivity contribution in [1.82, 2.24) is 9.80 Å². The molecule has 4 rings (SSSR count). The van der Waals surface area contributed by atoms with Crippen LogP contribution < -0.4 is 5.32 Å². The van der Waals surface area contributed by atoms with E-state index in [0.717, 1.165) is 62.1 Å². The lowest BCUT2D eigenvalue weighted by Gasteiger charge is -2.33. The number of hydrogen-bond donors (Lipinski definition) is 1. The van der Waals surface area contributed by atoms with Crippen LogP contribution in [-0.4, -0.2) is 47.9 Å². The van der Waals surface area contributed by atoms with Crippen LogP contribution in [0, 0.1) is 0 Å². The van der Waals surface area contributed by atoms with Crippen LogP contribution >= 0.6 is 11.6 Å². The Balaban J connectivity index is 1.42. The molecule has 3 amide bonds. The third-order valence-corrected chi connectivity index (χ3v) is 6.55. The van der Waals surface area contributed by atoms with Crippen LogP contribution in [0.3, 0.4) is 0 Å². The molecule has 0 aliphatic carbocycles. The van der Waals surface area contributed by atoms with Crippen molar-refractivity contribution in [3.05, 3.63) is 64.7 Å². The van der Waals surface area contributed by atoms with E-state index in [0.29, 0.717) is 11.6 Å². The first-order valence-electron chi connectivity index (χ1n) is 11.3. The number of piperidine rings is 1. The van der Waals surface area contributed by atoms with Gasteiger partial charge in [0.05, 0.1) is 0 Å². The molecule has 2 aromatic carbocycles. The van der Waals surface area contributed by atoms with E-state index in [4.69, 9.17) is 11.6 Å². The second-order valence-corrected chi connectivity index (χ2v) is 8.99. The number of amides is 3. The molecule has 31 heavy (non-hydrogen) atoms. The van der Waals surface area contributed by atoms with E-state index in [9.17, 15) is 9.59 Å². The van der Waals surface area contributed by atoms with E-state index in [1.165, 1.54) is 12.8 Å². The smallest absolute Gasteiger partial charge is 0.321 e. The fraction of sp³-hybridized carbons (Fsp3) is 0.440. The number of likely N-dealkylation sites (tertiary alicyclic amines) is 2. The maximum absolute atomic E-state index is 13.0. The zero-order chi connectivity index (χ0) is 21.6. The normalized spacial score (nSPS) is 19.6. The van der Waals surface area contributed by atoms with Gasteiger partial charge in [-0.05, 0) is 67.6 Å². The van der Waals surface area contributed by atoms with Gasteiger partial charge in [0.15, 0.2) is 0 Å². The highest BCUT2D eigenvalue weighted by Gasteiger charge is 2.26. The Bertz CT molecular complexity index is 907. The fourth-order valence-corrected chi connectivity index (χ4v) is 4.68. The van der Waals surface area contributed by atoms with Gasteiger partial charge < -0.3 is 15.1 Å². The lowest BCUT2D eigenvalue weighted by molar-refractivity contribution is 0.0761. The molecule has 164 valence electrons. The molecule has 1 N–H and O–H groups in total. The minimum atomic E-state index is -0.0937. The number of carbonyl (C=O) groups is 2. The summed E-state index contributed by atoms with van der Waals surface area (Å²) in [5.74, 6) is 0.374. The van der Waals surface area contributed by atoms with Gasteiger partial charge in [0.25, 0.3) is 5.91 Å². The lowest BCUT2D eigenvalue weighted by Crippen LogP contribution is -2.41. The van der Waals surface area contributed by atoms with Crippen molar-refractivity contribution < 1.29 is 9.59 Å². The van der Waals surface area contributed by atoms with Crippen molar-refractivity contribution >= 4 is 29.2 Å². The number of rotatable bonds is 3. The Hall–Kier alpha value is -2.53. The van der Waals surface area contributed by atoms with E-state index < -0.39 is 0 Å². The van der Waals surface area contributed by atoms with Gasteiger partial charge in [-0.15, -0.1) is 0 Å². The molecule has 2 aromatic rings. The van der Waals surface area contributed by atoms with Gasteiger partial charge in [0.1, 0.15) is 0 Å². The van der Waals surface area contributed by atoms with Gasteiger partial charge in [-0.25, -0.2) is 4.79 Å². The van der Waals surface area contributed by atoms with Crippen molar-refractivity contribution in [2.75, 3.05) is 31.5 Å². The van der Waals surface area contributed by atoms with Crippen LogP contribution in [0.4, 0.5) is 10.5 Å². The summed E-state index contributed by atoms with van der Waals surface area (Å²) in [6, 6.07) is 15.1. The highest BCUT2D eigenvalue weighted by Crippen LogP contribution is 2.28. The summed E-state index contributed by atoms with van der Waals surface area (Å²) < 4.78 is 0. The summed E-state index contributed by atoms with van der Waals surface area (Å²) in [6.07, 6.45) is 6.56. The average Bonchev–Trinajstić information content (AvgIpc) is 3.10. The number of anilines is 1. The summed E-state index contributed by atoms with van der Waals surface area (Å²) in [7, 11) is 0. The molecule has 2 saturated heterocycles. The van der Waals surface area contributed by atoms with E-state index >= 15 is 0 Å². The van der Waals surface area contributed by atoms with Gasteiger partial charge >= 0.3 is 6.03 Å². The number of nitrogens with zero attached hydrogens (tertiary/aromatic N) is 2. The van der Waals surface area contributed by atoms with Gasteiger partial charge in [-0.2, -0.15) is 0 Å². The van der Waals surface area contributed by atoms with Crippen LogP contribution in [0.25, 0.3) is 0 Å². The molecule has 5 nitrogen and oxygen atoms in total. The number of hydrogen-bond acceptors (Lipinski definition) is 2. The van der Waals surface area contributed by atoms with Crippen LogP contribution in [0.2, 0.25) is 5.02 Å². The summed E-state index contributed by atoms with van der Waals surface area (Å²) in [5, 5.41) is 3.60. The predicted molar refractivity (Wildman–Crippen MR) is 125 cm³/mol. The molecular formula is C25H30ClN3O2. The molecule has 0 radical (unpaired) electrons. The molecule has 6 heteroatoms. The molecule has 0 spiro atoms. The van der Waals surface area contributed by atoms with Crippen LogP contribution in [0.15, 0.2) is 48.5 Å². The molecule has 2 heterocycles. The monoisotopic (exact) mass is 439 g/mol. The number of nitrogens with one attached hydrogen (secondary N) is 1. The first kappa shape index (κ1) is 21.7. The molecule has 0 unspecified atom stereocenters. The molecule has 2 aliphatic rings. The third kappa shape index (κ3) is 5.59. The van der Waals surface area contributed by atoms with Gasteiger partial charge in [0.2, 0.25) is 0 Å².